The van der Waals surface area contributed by atoms with E-state index in [0.717, 1.165) is 31.0 Å². The minimum absolute atomic E-state index is 0.589. The molecule has 0 aliphatic carbocycles. The number of thioether (sulfide) groups is 1. The summed E-state index contributed by atoms with van der Waals surface area (Å²) in [5, 5.41) is 8.85. The largest absolute Gasteiger partial charge is 0.481 e. The van der Waals surface area contributed by atoms with Crippen LogP contribution in [-0.4, -0.2) is 36.3 Å². The number of rotatable bonds is 8. The summed E-state index contributed by atoms with van der Waals surface area (Å²) >= 11 is 1.79. The molecule has 0 heterocycles. The van der Waals surface area contributed by atoms with Gasteiger partial charge in [0.15, 0.2) is 0 Å². The zero-order valence-corrected chi connectivity index (χ0v) is 10.0. The lowest BCUT2D eigenvalue weighted by Crippen LogP contribution is -2.24. The molecule has 0 unspecified atom stereocenters. The zero-order chi connectivity index (χ0) is 11.0. The number of carboxylic acids is 1. The van der Waals surface area contributed by atoms with E-state index < -0.39 is 11.4 Å². The third kappa shape index (κ3) is 6.27. The van der Waals surface area contributed by atoms with Crippen LogP contribution in [0.3, 0.4) is 0 Å². The quantitative estimate of drug-likeness (QED) is 0.637. The topological polar surface area (TPSA) is 46.5 Å². The molecule has 0 saturated carbocycles. The van der Waals surface area contributed by atoms with Gasteiger partial charge in [-0.05, 0) is 38.2 Å². The molecule has 0 fully saturated rings. The van der Waals surface area contributed by atoms with Crippen LogP contribution in [0, 0.1) is 5.41 Å². The number of hydrogen-bond donors (Lipinski definition) is 1. The Bertz CT molecular complexity index is 169. The molecule has 0 amide bonds. The molecule has 0 rings (SSSR count). The fourth-order valence-corrected chi connectivity index (χ4v) is 2.02. The van der Waals surface area contributed by atoms with Gasteiger partial charge in [-0.1, -0.05) is 0 Å². The highest BCUT2D eigenvalue weighted by Crippen LogP contribution is 2.23. The summed E-state index contributed by atoms with van der Waals surface area (Å²) in [6.45, 7) is 4.32. The Morgan fingerprint density at radius 1 is 1.43 bits per heavy atom. The fourth-order valence-electron chi connectivity index (χ4n) is 0.842. The predicted octanol–water partition coefficient (Wildman–Crippen LogP) is 2.26. The van der Waals surface area contributed by atoms with Crippen LogP contribution < -0.4 is 0 Å². The van der Waals surface area contributed by atoms with Gasteiger partial charge in [-0.2, -0.15) is 11.8 Å². The Morgan fingerprint density at radius 3 is 2.57 bits per heavy atom. The van der Waals surface area contributed by atoms with Gasteiger partial charge in [-0.3, -0.25) is 4.79 Å². The van der Waals surface area contributed by atoms with Crippen molar-refractivity contribution >= 4 is 17.7 Å². The van der Waals surface area contributed by atoms with Crippen LogP contribution in [0.1, 0.15) is 26.7 Å². The summed E-state index contributed by atoms with van der Waals surface area (Å²) in [5.74, 6) is 1.24. The maximum Gasteiger partial charge on any atom is 0.309 e. The number of aliphatic carboxylic acids is 1. The second-order valence-corrected chi connectivity index (χ2v) is 5.12. The van der Waals surface area contributed by atoms with E-state index in [1.54, 1.807) is 32.7 Å². The van der Waals surface area contributed by atoms with Gasteiger partial charge < -0.3 is 9.84 Å². The molecule has 1 N–H and O–H groups in total. The summed E-state index contributed by atoms with van der Waals surface area (Å²) in [6.07, 6.45) is 1.76. The molecule has 3 nitrogen and oxygen atoms in total. The van der Waals surface area contributed by atoms with E-state index >= 15 is 0 Å². The second-order valence-electron chi connectivity index (χ2n) is 3.90. The Morgan fingerprint density at radius 2 is 2.07 bits per heavy atom. The number of ether oxygens (including phenoxy) is 1. The van der Waals surface area contributed by atoms with E-state index in [4.69, 9.17) is 9.84 Å². The molecule has 0 aromatic carbocycles. The van der Waals surface area contributed by atoms with Crippen molar-refractivity contribution in [1.29, 1.82) is 0 Å². The summed E-state index contributed by atoms with van der Waals surface area (Å²) in [4.78, 5) is 10.8. The van der Waals surface area contributed by atoms with Crippen LogP contribution in [0.15, 0.2) is 0 Å². The molecular weight excluding hydrogens is 200 g/mol. The van der Waals surface area contributed by atoms with Crippen molar-refractivity contribution in [2.75, 3.05) is 25.2 Å². The van der Waals surface area contributed by atoms with Crippen LogP contribution in [0.5, 0.6) is 0 Å². The van der Waals surface area contributed by atoms with Crippen LogP contribution in [0.2, 0.25) is 0 Å². The summed E-state index contributed by atoms with van der Waals surface area (Å²) in [5.41, 5.74) is -0.589. The average molecular weight is 220 g/mol. The van der Waals surface area contributed by atoms with E-state index in [1.165, 1.54) is 0 Å². The third-order valence-corrected chi connectivity index (χ3v) is 3.16. The van der Waals surface area contributed by atoms with Crippen molar-refractivity contribution in [3.63, 3.8) is 0 Å². The van der Waals surface area contributed by atoms with Gasteiger partial charge in [-0.15, -0.1) is 0 Å². The van der Waals surface area contributed by atoms with Gasteiger partial charge >= 0.3 is 5.97 Å². The minimum atomic E-state index is -0.713. The van der Waals surface area contributed by atoms with Gasteiger partial charge in [-0.25, -0.2) is 0 Å². The molecule has 0 atom stereocenters. The number of carbonyl (C=O) groups is 1. The molecule has 0 aliphatic heterocycles. The van der Waals surface area contributed by atoms with Gasteiger partial charge in [0, 0.05) is 13.7 Å². The van der Waals surface area contributed by atoms with Crippen molar-refractivity contribution < 1.29 is 14.6 Å². The molecule has 0 aromatic heterocycles. The molecule has 4 heteroatoms. The lowest BCUT2D eigenvalue weighted by Gasteiger charge is -2.18. The standard InChI is InChI=1S/C10H20O3S/c1-10(2,9(11)12)5-8-14-7-4-6-13-3/h4-8H2,1-3H3,(H,11,12). The first-order valence-electron chi connectivity index (χ1n) is 4.81. The normalized spacial score (nSPS) is 11.6. The van der Waals surface area contributed by atoms with E-state index in [1.807, 2.05) is 0 Å². The summed E-state index contributed by atoms with van der Waals surface area (Å²) in [6, 6.07) is 0. The molecule has 0 aliphatic rings. The average Bonchev–Trinajstić information content (AvgIpc) is 2.10. The summed E-state index contributed by atoms with van der Waals surface area (Å²) in [7, 11) is 1.69. The van der Waals surface area contributed by atoms with Crippen molar-refractivity contribution in [3.8, 4) is 0 Å². The van der Waals surface area contributed by atoms with Gasteiger partial charge in [0.25, 0.3) is 0 Å². The Labute approximate surface area is 90.2 Å². The number of methoxy groups -OCH3 is 1. The molecule has 0 radical (unpaired) electrons. The van der Waals surface area contributed by atoms with Crippen molar-refractivity contribution in [1.82, 2.24) is 0 Å². The minimum Gasteiger partial charge on any atom is -0.481 e. The number of carboxylic acid groups (broad SMARTS) is 1. The Hall–Kier alpha value is -0.220. The Kier molecular flexibility index (Phi) is 7.01. The van der Waals surface area contributed by atoms with Crippen molar-refractivity contribution in [2.45, 2.75) is 26.7 Å². The van der Waals surface area contributed by atoms with Gasteiger partial charge in [0.1, 0.15) is 0 Å². The fraction of sp³-hybridized carbons (Fsp3) is 0.900. The van der Waals surface area contributed by atoms with E-state index in [2.05, 4.69) is 0 Å². The second kappa shape index (κ2) is 7.12. The van der Waals surface area contributed by atoms with Crippen LogP contribution in [-0.2, 0) is 9.53 Å². The molecule has 0 spiro atoms. The third-order valence-electron chi connectivity index (χ3n) is 2.09. The van der Waals surface area contributed by atoms with Gasteiger partial charge in [0.2, 0.25) is 0 Å². The van der Waals surface area contributed by atoms with E-state index in [9.17, 15) is 4.79 Å². The maximum atomic E-state index is 10.8. The molecule has 0 bridgehead atoms. The lowest BCUT2D eigenvalue weighted by molar-refractivity contribution is -0.146. The van der Waals surface area contributed by atoms with Crippen LogP contribution >= 0.6 is 11.8 Å². The van der Waals surface area contributed by atoms with Crippen LogP contribution in [0.25, 0.3) is 0 Å². The SMILES string of the molecule is COCCCSCCC(C)(C)C(=O)O. The molecule has 0 saturated heterocycles. The van der Waals surface area contributed by atoms with Crippen molar-refractivity contribution in [3.05, 3.63) is 0 Å². The van der Waals surface area contributed by atoms with Crippen LogP contribution in [0.4, 0.5) is 0 Å². The lowest BCUT2D eigenvalue weighted by atomic mass is 9.91. The maximum absolute atomic E-state index is 10.8. The smallest absolute Gasteiger partial charge is 0.309 e. The molecule has 14 heavy (non-hydrogen) atoms. The molecule has 0 aromatic rings. The first-order valence-corrected chi connectivity index (χ1v) is 5.96. The predicted molar refractivity (Wildman–Crippen MR) is 59.9 cm³/mol. The zero-order valence-electron chi connectivity index (χ0n) is 9.21. The molecular formula is C10H20O3S. The van der Waals surface area contributed by atoms with E-state index in [0.29, 0.717) is 0 Å². The molecule has 84 valence electrons. The highest BCUT2D eigenvalue weighted by Gasteiger charge is 2.26. The summed E-state index contributed by atoms with van der Waals surface area (Å²) < 4.78 is 4.92. The Balaban J connectivity index is 3.40. The van der Waals surface area contributed by atoms with Gasteiger partial charge in [0.05, 0.1) is 5.41 Å². The highest BCUT2D eigenvalue weighted by molar-refractivity contribution is 7.99. The van der Waals surface area contributed by atoms with E-state index in [-0.39, 0.29) is 0 Å². The first kappa shape index (κ1) is 13.8. The monoisotopic (exact) mass is 220 g/mol. The number of hydrogen-bond acceptors (Lipinski definition) is 3. The highest BCUT2D eigenvalue weighted by atomic mass is 32.2. The first-order chi connectivity index (χ1) is 6.50. The van der Waals surface area contributed by atoms with Crippen molar-refractivity contribution in [2.24, 2.45) is 5.41 Å².